The third kappa shape index (κ3) is 2.17. The molecule has 0 aromatic carbocycles. The van der Waals surface area contributed by atoms with Crippen molar-refractivity contribution >= 4 is 11.6 Å². The van der Waals surface area contributed by atoms with Crippen LogP contribution in [0.25, 0.3) is 0 Å². The van der Waals surface area contributed by atoms with Gasteiger partial charge < -0.3 is 4.74 Å². The third-order valence-corrected chi connectivity index (χ3v) is 1.75. The summed E-state index contributed by atoms with van der Waals surface area (Å²) in [6.45, 7) is 1.93. The first-order chi connectivity index (χ1) is 5.24. The first-order valence-corrected chi connectivity index (χ1v) is 3.76. The Balaban J connectivity index is 2.86. The fourth-order valence-corrected chi connectivity index (χ4v) is 0.932. The quantitative estimate of drug-likeness (QED) is 0.682. The number of ether oxygens (including phenoxy) is 1. The van der Waals surface area contributed by atoms with E-state index in [4.69, 9.17) is 16.3 Å². The van der Waals surface area contributed by atoms with Crippen molar-refractivity contribution in [2.75, 3.05) is 7.11 Å². The molecule has 2 nitrogen and oxygen atoms in total. The van der Waals surface area contributed by atoms with Crippen LogP contribution in [-0.4, -0.2) is 12.1 Å². The van der Waals surface area contributed by atoms with Crippen LogP contribution >= 0.6 is 11.6 Å². The summed E-state index contributed by atoms with van der Waals surface area (Å²) < 4.78 is 5.07. The maximum Gasteiger partial charge on any atom is 0.0963 e. The fraction of sp³-hybridized carbons (Fsp3) is 0.375. The number of halogens is 1. The largest absolute Gasteiger partial charge is 0.375 e. The summed E-state index contributed by atoms with van der Waals surface area (Å²) in [6, 6.07) is 3.54. The zero-order valence-corrected chi connectivity index (χ0v) is 7.30. The molecule has 1 heterocycles. The topological polar surface area (TPSA) is 22.1 Å². The number of rotatable bonds is 2. The number of hydrogen-bond acceptors (Lipinski definition) is 2. The van der Waals surface area contributed by atoms with Crippen LogP contribution in [0, 0.1) is 0 Å². The zero-order valence-electron chi connectivity index (χ0n) is 6.54. The summed E-state index contributed by atoms with van der Waals surface area (Å²) in [6.07, 6.45) is 1.68. The van der Waals surface area contributed by atoms with Crippen molar-refractivity contribution in [1.29, 1.82) is 0 Å². The smallest absolute Gasteiger partial charge is 0.0963 e. The average Bonchev–Trinajstić information content (AvgIpc) is 2.03. The Morgan fingerprint density at radius 2 is 2.36 bits per heavy atom. The molecule has 0 saturated heterocycles. The molecule has 0 saturated carbocycles. The molecule has 0 aliphatic rings. The third-order valence-electron chi connectivity index (χ3n) is 1.51. The maximum atomic E-state index is 5.75. The second-order valence-electron chi connectivity index (χ2n) is 2.28. The van der Waals surface area contributed by atoms with Crippen LogP contribution in [-0.2, 0) is 4.74 Å². The van der Waals surface area contributed by atoms with E-state index in [1.807, 2.05) is 6.92 Å². The number of hydrogen-bond donors (Lipinski definition) is 0. The van der Waals surface area contributed by atoms with Crippen molar-refractivity contribution in [2.45, 2.75) is 13.0 Å². The van der Waals surface area contributed by atoms with Gasteiger partial charge in [0.25, 0.3) is 0 Å². The summed E-state index contributed by atoms with van der Waals surface area (Å²) >= 11 is 5.75. The molecular formula is C8H10ClNO. The van der Waals surface area contributed by atoms with Gasteiger partial charge in [0.1, 0.15) is 0 Å². The second-order valence-corrected chi connectivity index (χ2v) is 2.71. The Morgan fingerprint density at radius 3 is 2.91 bits per heavy atom. The van der Waals surface area contributed by atoms with Crippen molar-refractivity contribution in [2.24, 2.45) is 0 Å². The van der Waals surface area contributed by atoms with E-state index in [-0.39, 0.29) is 6.10 Å². The predicted molar refractivity (Wildman–Crippen MR) is 44.7 cm³/mol. The molecule has 0 N–H and O–H groups in total. The summed E-state index contributed by atoms with van der Waals surface area (Å²) in [5.74, 6) is 0. The van der Waals surface area contributed by atoms with Crippen molar-refractivity contribution < 1.29 is 4.74 Å². The monoisotopic (exact) mass is 171 g/mol. The van der Waals surface area contributed by atoms with Gasteiger partial charge in [-0.25, -0.2) is 0 Å². The summed E-state index contributed by atoms with van der Waals surface area (Å²) in [5, 5.41) is 0.693. The standard InChI is InChI=1S/C8H10ClNO/c1-6(11-2)8-5-7(9)3-4-10-8/h3-6H,1-2H3. The fourth-order valence-electron chi connectivity index (χ4n) is 0.764. The highest BCUT2D eigenvalue weighted by Gasteiger charge is 2.04. The number of pyridine rings is 1. The van der Waals surface area contributed by atoms with E-state index in [9.17, 15) is 0 Å². The van der Waals surface area contributed by atoms with E-state index in [1.54, 1.807) is 25.4 Å². The lowest BCUT2D eigenvalue weighted by molar-refractivity contribution is 0.116. The summed E-state index contributed by atoms with van der Waals surface area (Å²) in [7, 11) is 1.65. The highest BCUT2D eigenvalue weighted by atomic mass is 35.5. The lowest BCUT2D eigenvalue weighted by Crippen LogP contribution is -1.97. The number of methoxy groups -OCH3 is 1. The highest BCUT2D eigenvalue weighted by molar-refractivity contribution is 6.30. The van der Waals surface area contributed by atoms with Gasteiger partial charge in [-0.1, -0.05) is 11.6 Å². The number of nitrogens with zero attached hydrogens (tertiary/aromatic N) is 1. The van der Waals surface area contributed by atoms with Gasteiger partial charge in [0, 0.05) is 18.3 Å². The first-order valence-electron chi connectivity index (χ1n) is 3.38. The maximum absolute atomic E-state index is 5.75. The number of aromatic nitrogens is 1. The minimum absolute atomic E-state index is 0.00806. The molecule has 1 unspecified atom stereocenters. The van der Waals surface area contributed by atoms with Crippen molar-refractivity contribution in [3.8, 4) is 0 Å². The molecule has 0 aliphatic heterocycles. The lowest BCUT2D eigenvalue weighted by Gasteiger charge is -2.07. The molecule has 3 heteroatoms. The van der Waals surface area contributed by atoms with Crippen LogP contribution in [0.3, 0.4) is 0 Å². The van der Waals surface area contributed by atoms with Crippen LogP contribution in [0.5, 0.6) is 0 Å². The van der Waals surface area contributed by atoms with E-state index < -0.39 is 0 Å². The molecule has 1 atom stereocenters. The van der Waals surface area contributed by atoms with Crippen LogP contribution in [0.15, 0.2) is 18.3 Å². The van der Waals surface area contributed by atoms with Gasteiger partial charge in [-0.2, -0.15) is 0 Å². The predicted octanol–water partition coefficient (Wildman–Crippen LogP) is 2.44. The van der Waals surface area contributed by atoms with Gasteiger partial charge in [-0.05, 0) is 19.1 Å². The van der Waals surface area contributed by atoms with Crippen LogP contribution < -0.4 is 0 Å². The SMILES string of the molecule is COC(C)c1cc(Cl)ccn1. The first kappa shape index (κ1) is 8.50. The molecule has 1 aromatic rings. The Morgan fingerprint density at radius 1 is 1.64 bits per heavy atom. The molecule has 0 bridgehead atoms. The minimum Gasteiger partial charge on any atom is -0.375 e. The van der Waals surface area contributed by atoms with Crippen LogP contribution in [0.2, 0.25) is 5.02 Å². The molecule has 0 spiro atoms. The van der Waals surface area contributed by atoms with Gasteiger partial charge in [-0.3, -0.25) is 4.98 Å². The molecule has 0 aliphatic carbocycles. The molecule has 1 rings (SSSR count). The Labute approximate surface area is 71.2 Å². The van der Waals surface area contributed by atoms with E-state index in [1.165, 1.54) is 0 Å². The Bertz CT molecular complexity index is 239. The Kier molecular flexibility index (Phi) is 2.85. The van der Waals surface area contributed by atoms with Crippen molar-refractivity contribution in [3.05, 3.63) is 29.0 Å². The van der Waals surface area contributed by atoms with Gasteiger partial charge in [0.2, 0.25) is 0 Å². The molecule has 0 radical (unpaired) electrons. The molecule has 0 amide bonds. The van der Waals surface area contributed by atoms with E-state index in [0.29, 0.717) is 5.02 Å². The van der Waals surface area contributed by atoms with Crippen molar-refractivity contribution in [3.63, 3.8) is 0 Å². The molecule has 1 aromatic heterocycles. The van der Waals surface area contributed by atoms with E-state index >= 15 is 0 Å². The van der Waals surface area contributed by atoms with Gasteiger partial charge >= 0.3 is 0 Å². The highest BCUT2D eigenvalue weighted by Crippen LogP contribution is 2.16. The van der Waals surface area contributed by atoms with Crippen molar-refractivity contribution in [1.82, 2.24) is 4.98 Å². The average molecular weight is 172 g/mol. The van der Waals surface area contributed by atoms with E-state index in [0.717, 1.165) is 5.69 Å². The van der Waals surface area contributed by atoms with E-state index in [2.05, 4.69) is 4.98 Å². The van der Waals surface area contributed by atoms with Crippen LogP contribution in [0.4, 0.5) is 0 Å². The normalized spacial score (nSPS) is 13.0. The summed E-state index contributed by atoms with van der Waals surface area (Å²) in [5.41, 5.74) is 0.861. The zero-order chi connectivity index (χ0) is 8.27. The van der Waals surface area contributed by atoms with Crippen LogP contribution in [0.1, 0.15) is 18.7 Å². The van der Waals surface area contributed by atoms with Gasteiger partial charge in [0.15, 0.2) is 0 Å². The molecule has 11 heavy (non-hydrogen) atoms. The molecular weight excluding hydrogens is 162 g/mol. The lowest BCUT2D eigenvalue weighted by atomic mass is 10.2. The molecule has 60 valence electrons. The second kappa shape index (κ2) is 3.69. The van der Waals surface area contributed by atoms with Gasteiger partial charge in [0.05, 0.1) is 11.8 Å². The van der Waals surface area contributed by atoms with Gasteiger partial charge in [-0.15, -0.1) is 0 Å². The summed E-state index contributed by atoms with van der Waals surface area (Å²) in [4.78, 5) is 4.10. The minimum atomic E-state index is 0.00806. The Hall–Kier alpha value is -0.600. The molecule has 0 fully saturated rings.